The number of aromatic nitrogens is 1. The molecule has 0 spiro atoms. The summed E-state index contributed by atoms with van der Waals surface area (Å²) in [5.41, 5.74) is 0.638. The van der Waals surface area contributed by atoms with E-state index in [0.717, 1.165) is 18.8 Å². The molecule has 2 heterocycles. The van der Waals surface area contributed by atoms with Gasteiger partial charge in [0.25, 0.3) is 5.69 Å². The third-order valence-corrected chi connectivity index (χ3v) is 2.85. The quantitative estimate of drug-likeness (QED) is 0.594. The summed E-state index contributed by atoms with van der Waals surface area (Å²) >= 11 is 0. The number of methoxy groups -OCH3 is 1. The summed E-state index contributed by atoms with van der Waals surface area (Å²) in [7, 11) is 1.67. The second kappa shape index (κ2) is 4.15. The topological polar surface area (TPSA) is 77.3 Å². The van der Waals surface area contributed by atoms with E-state index in [-0.39, 0.29) is 11.3 Å². The molecule has 1 aromatic heterocycles. The van der Waals surface area contributed by atoms with Crippen LogP contribution in [-0.2, 0) is 11.2 Å². The Bertz CT molecular complexity index is 381. The number of hydrogen-bond acceptors (Lipinski definition) is 5. The lowest BCUT2D eigenvalue weighted by molar-refractivity contribution is -0.385. The van der Waals surface area contributed by atoms with Crippen LogP contribution < -0.4 is 5.32 Å². The Labute approximate surface area is 92.8 Å². The van der Waals surface area contributed by atoms with Gasteiger partial charge >= 0.3 is 0 Å². The first kappa shape index (κ1) is 11.0. The second-order valence-electron chi connectivity index (χ2n) is 3.93. The first-order valence-electron chi connectivity index (χ1n) is 5.00. The summed E-state index contributed by atoms with van der Waals surface area (Å²) in [5, 5.41) is 13.6. The van der Waals surface area contributed by atoms with Crippen molar-refractivity contribution in [3.63, 3.8) is 0 Å². The highest BCUT2D eigenvalue weighted by atomic mass is 16.6. The van der Waals surface area contributed by atoms with Crippen molar-refractivity contribution in [3.05, 3.63) is 34.1 Å². The average Bonchev–Trinajstić information content (AvgIpc) is 2.24. The lowest BCUT2D eigenvalue weighted by Gasteiger charge is -2.41. The van der Waals surface area contributed by atoms with Gasteiger partial charge in [-0.2, -0.15) is 0 Å². The first-order valence-corrected chi connectivity index (χ1v) is 5.00. The first-order chi connectivity index (χ1) is 7.65. The van der Waals surface area contributed by atoms with E-state index in [4.69, 9.17) is 4.74 Å². The van der Waals surface area contributed by atoms with Gasteiger partial charge in [0.1, 0.15) is 6.20 Å². The van der Waals surface area contributed by atoms with Crippen LogP contribution in [0.5, 0.6) is 0 Å². The van der Waals surface area contributed by atoms with Gasteiger partial charge in [0, 0.05) is 38.4 Å². The van der Waals surface area contributed by atoms with Crippen molar-refractivity contribution < 1.29 is 9.66 Å². The summed E-state index contributed by atoms with van der Waals surface area (Å²) in [6, 6.07) is 3.15. The van der Waals surface area contributed by atoms with E-state index in [1.807, 2.05) is 0 Å². The van der Waals surface area contributed by atoms with Crippen LogP contribution in [0.3, 0.4) is 0 Å². The van der Waals surface area contributed by atoms with Crippen LogP contribution >= 0.6 is 0 Å². The molecule has 6 nitrogen and oxygen atoms in total. The number of nitrogens with zero attached hydrogens (tertiary/aromatic N) is 2. The molecule has 1 aromatic rings. The molecule has 6 heteroatoms. The van der Waals surface area contributed by atoms with Gasteiger partial charge in [0.15, 0.2) is 0 Å². The summed E-state index contributed by atoms with van der Waals surface area (Å²) in [4.78, 5) is 14.1. The number of nitro groups is 1. The second-order valence-corrected chi connectivity index (χ2v) is 3.93. The normalized spacial score (nSPS) is 17.8. The van der Waals surface area contributed by atoms with Crippen LogP contribution in [0.1, 0.15) is 5.69 Å². The van der Waals surface area contributed by atoms with Crippen LogP contribution in [-0.4, -0.2) is 35.7 Å². The van der Waals surface area contributed by atoms with Gasteiger partial charge in [0.05, 0.1) is 10.5 Å². The molecule has 0 aromatic carbocycles. The molecule has 0 bridgehead atoms. The minimum atomic E-state index is -0.451. The minimum absolute atomic E-state index is 0.0157. The van der Waals surface area contributed by atoms with Crippen molar-refractivity contribution in [3.8, 4) is 0 Å². The van der Waals surface area contributed by atoms with E-state index < -0.39 is 4.92 Å². The molecule has 1 N–H and O–H groups in total. The molecule has 0 radical (unpaired) electrons. The smallest absolute Gasteiger partial charge is 0.287 e. The molecule has 16 heavy (non-hydrogen) atoms. The van der Waals surface area contributed by atoms with Gasteiger partial charge in [-0.3, -0.25) is 15.1 Å². The summed E-state index contributed by atoms with van der Waals surface area (Å²) < 4.78 is 5.42. The fourth-order valence-electron chi connectivity index (χ4n) is 1.70. The fourth-order valence-corrected chi connectivity index (χ4v) is 1.70. The molecule has 0 aliphatic carbocycles. The van der Waals surface area contributed by atoms with E-state index in [2.05, 4.69) is 10.3 Å². The van der Waals surface area contributed by atoms with Crippen molar-refractivity contribution in [1.82, 2.24) is 10.3 Å². The summed E-state index contributed by atoms with van der Waals surface area (Å²) in [6.45, 7) is 1.59. The molecule has 1 fully saturated rings. The van der Waals surface area contributed by atoms with Gasteiger partial charge in [-0.05, 0) is 6.07 Å². The molecule has 2 rings (SSSR count). The zero-order valence-corrected chi connectivity index (χ0v) is 8.97. The van der Waals surface area contributed by atoms with Crippen LogP contribution in [0, 0.1) is 10.1 Å². The Hall–Kier alpha value is -1.53. The predicted molar refractivity (Wildman–Crippen MR) is 57.2 cm³/mol. The van der Waals surface area contributed by atoms with Crippen molar-refractivity contribution in [1.29, 1.82) is 0 Å². The van der Waals surface area contributed by atoms with Crippen molar-refractivity contribution in [2.75, 3.05) is 20.2 Å². The molecule has 1 aliphatic rings. The number of rotatable bonds is 4. The molecule has 0 saturated carbocycles. The molecule has 1 aliphatic heterocycles. The molecular weight excluding hydrogens is 210 g/mol. The van der Waals surface area contributed by atoms with Crippen LogP contribution in [0.2, 0.25) is 0 Å². The average molecular weight is 223 g/mol. The lowest BCUT2D eigenvalue weighted by Crippen LogP contribution is -2.61. The van der Waals surface area contributed by atoms with Crippen molar-refractivity contribution in [2.45, 2.75) is 12.0 Å². The Balaban J connectivity index is 2.07. The number of pyridine rings is 1. The number of nitrogens with one attached hydrogen (secondary N) is 1. The zero-order chi connectivity index (χ0) is 11.6. The maximum atomic E-state index is 10.5. The molecule has 0 unspecified atom stereocenters. The van der Waals surface area contributed by atoms with Crippen LogP contribution in [0.25, 0.3) is 0 Å². The molecule has 0 amide bonds. The Morgan fingerprint density at radius 2 is 2.38 bits per heavy atom. The third kappa shape index (κ3) is 2.02. The Morgan fingerprint density at radius 1 is 1.62 bits per heavy atom. The highest BCUT2D eigenvalue weighted by molar-refractivity contribution is 5.27. The van der Waals surface area contributed by atoms with E-state index in [0.29, 0.717) is 6.42 Å². The monoisotopic (exact) mass is 223 g/mol. The summed E-state index contributed by atoms with van der Waals surface area (Å²) in [6.07, 6.45) is 1.96. The predicted octanol–water partition coefficient (Wildman–Crippen LogP) is 0.521. The highest BCUT2D eigenvalue weighted by Gasteiger charge is 2.37. The highest BCUT2D eigenvalue weighted by Crippen LogP contribution is 2.21. The minimum Gasteiger partial charge on any atom is -0.375 e. The Kier molecular flexibility index (Phi) is 2.84. The van der Waals surface area contributed by atoms with Gasteiger partial charge in [-0.15, -0.1) is 0 Å². The van der Waals surface area contributed by atoms with Gasteiger partial charge in [-0.1, -0.05) is 0 Å². The maximum Gasteiger partial charge on any atom is 0.287 e. The number of hydrogen-bond donors (Lipinski definition) is 1. The fraction of sp³-hybridized carbons (Fsp3) is 0.500. The molecule has 1 saturated heterocycles. The maximum absolute atomic E-state index is 10.5. The third-order valence-electron chi connectivity index (χ3n) is 2.85. The lowest BCUT2D eigenvalue weighted by atomic mass is 9.91. The van der Waals surface area contributed by atoms with Crippen molar-refractivity contribution in [2.24, 2.45) is 0 Å². The van der Waals surface area contributed by atoms with E-state index >= 15 is 0 Å². The SMILES string of the molecule is COC1(Cc2ccc([N+](=O)[O-])cn2)CNC1. The van der Waals surface area contributed by atoms with Crippen LogP contribution in [0.4, 0.5) is 5.69 Å². The van der Waals surface area contributed by atoms with Gasteiger partial charge in [0.2, 0.25) is 0 Å². The Morgan fingerprint density at radius 3 is 2.75 bits per heavy atom. The van der Waals surface area contributed by atoms with E-state index in [9.17, 15) is 10.1 Å². The van der Waals surface area contributed by atoms with E-state index in [1.165, 1.54) is 12.3 Å². The largest absolute Gasteiger partial charge is 0.375 e. The number of ether oxygens (including phenoxy) is 1. The summed E-state index contributed by atoms with van der Waals surface area (Å²) in [5.74, 6) is 0. The van der Waals surface area contributed by atoms with Crippen LogP contribution in [0.15, 0.2) is 18.3 Å². The van der Waals surface area contributed by atoms with Gasteiger partial charge in [-0.25, -0.2) is 0 Å². The standard InChI is InChI=1S/C10H13N3O3/c1-16-10(6-11-7-10)4-8-2-3-9(5-12-8)13(14)15/h2-3,5,11H,4,6-7H2,1H3. The molecule has 86 valence electrons. The van der Waals surface area contributed by atoms with Crippen molar-refractivity contribution >= 4 is 5.69 Å². The molecular formula is C10H13N3O3. The van der Waals surface area contributed by atoms with Gasteiger partial charge < -0.3 is 10.1 Å². The molecule has 0 atom stereocenters. The van der Waals surface area contributed by atoms with E-state index in [1.54, 1.807) is 13.2 Å². The zero-order valence-electron chi connectivity index (χ0n) is 8.97.